The second kappa shape index (κ2) is 7.27. The molecule has 1 aromatic carbocycles. The zero-order valence-electron chi connectivity index (χ0n) is 13.1. The molecule has 2 aromatic rings. The second-order valence-corrected chi connectivity index (χ2v) is 5.27. The first-order valence-electron chi connectivity index (χ1n) is 7.20. The van der Waals surface area contributed by atoms with Crippen LogP contribution in [0.15, 0.2) is 34.1 Å². The molecule has 2 rings (SSSR count). The minimum Gasteiger partial charge on any atom is -0.391 e. The number of benzene rings is 1. The predicted molar refractivity (Wildman–Crippen MR) is 94.4 cm³/mol. The first kappa shape index (κ1) is 17.0. The van der Waals surface area contributed by atoms with Crippen molar-refractivity contribution in [2.75, 3.05) is 23.3 Å². The molecular weight excluding hydrogens is 310 g/mol. The summed E-state index contributed by atoms with van der Waals surface area (Å²) in [5, 5.41) is 3.20. The number of nitrogen functional groups attached to an aromatic ring is 2. The number of aliphatic imine (C=N–C) groups is 1. The van der Waals surface area contributed by atoms with E-state index in [1.165, 1.54) is 0 Å². The number of amides is 1. The van der Waals surface area contributed by atoms with Crippen LogP contribution in [0.25, 0.3) is 0 Å². The van der Waals surface area contributed by atoms with E-state index in [-0.39, 0.29) is 23.4 Å². The number of aromatic amines is 1. The Hall–Kier alpha value is -3.36. The summed E-state index contributed by atoms with van der Waals surface area (Å²) in [6.45, 7) is 2.51. The monoisotopic (exact) mass is 329 g/mol. The van der Waals surface area contributed by atoms with Gasteiger partial charge >= 0.3 is 0 Å². The number of carbonyl (C=O) groups is 1. The van der Waals surface area contributed by atoms with Crippen molar-refractivity contribution >= 4 is 35.3 Å². The highest BCUT2D eigenvalue weighted by Gasteiger charge is 2.06. The van der Waals surface area contributed by atoms with E-state index in [1.54, 1.807) is 30.5 Å². The van der Waals surface area contributed by atoms with Crippen LogP contribution in [0.1, 0.15) is 17.3 Å². The molecule has 0 aliphatic carbocycles. The Morgan fingerprint density at radius 3 is 2.67 bits per heavy atom. The van der Waals surface area contributed by atoms with Gasteiger partial charge in [0.05, 0.1) is 0 Å². The average molecular weight is 329 g/mol. The molecule has 9 nitrogen and oxygen atoms in total. The Morgan fingerprint density at radius 1 is 1.38 bits per heavy atom. The number of hydrogen-bond donors (Lipinski definition) is 5. The number of nitrogens with two attached hydrogens (primary N) is 3. The first-order chi connectivity index (χ1) is 11.4. The fourth-order valence-electron chi connectivity index (χ4n) is 1.87. The van der Waals surface area contributed by atoms with Gasteiger partial charge in [-0.2, -0.15) is 4.98 Å². The van der Waals surface area contributed by atoms with Crippen LogP contribution in [0.4, 0.5) is 23.1 Å². The van der Waals surface area contributed by atoms with Crippen molar-refractivity contribution in [1.29, 1.82) is 0 Å². The van der Waals surface area contributed by atoms with Crippen LogP contribution in [0, 0.1) is 5.92 Å². The third kappa shape index (κ3) is 4.32. The standard InChI is InChI=1S/C15H19N7O2/c1-8(6-19-10-4-2-9(3-5-10)12(17)23)7-20-13-11(16)14(24)22-15(18)21-13/h2-5,7-8,19H,6,16H2,1H3,(H2,17,23)(H3,18,21,22,24). The van der Waals surface area contributed by atoms with E-state index in [1.807, 2.05) is 6.92 Å². The molecular formula is C15H19N7O2. The molecule has 1 aromatic heterocycles. The highest BCUT2D eigenvalue weighted by atomic mass is 16.1. The van der Waals surface area contributed by atoms with Gasteiger partial charge in [0.2, 0.25) is 11.9 Å². The minimum absolute atomic E-state index is 0.0301. The van der Waals surface area contributed by atoms with Crippen molar-refractivity contribution in [3.05, 3.63) is 40.2 Å². The van der Waals surface area contributed by atoms with E-state index >= 15 is 0 Å². The maximum absolute atomic E-state index is 11.5. The molecule has 0 saturated carbocycles. The molecule has 9 heteroatoms. The van der Waals surface area contributed by atoms with Gasteiger partial charge in [-0.15, -0.1) is 0 Å². The molecule has 0 saturated heterocycles. The van der Waals surface area contributed by atoms with Crippen molar-refractivity contribution in [3.8, 4) is 0 Å². The molecule has 1 atom stereocenters. The number of aromatic nitrogens is 2. The smallest absolute Gasteiger partial charge is 0.277 e. The Balaban J connectivity index is 1.97. The van der Waals surface area contributed by atoms with E-state index in [4.69, 9.17) is 17.2 Å². The van der Waals surface area contributed by atoms with Gasteiger partial charge in [-0.3, -0.25) is 14.6 Å². The summed E-state index contributed by atoms with van der Waals surface area (Å²) in [5.41, 5.74) is 17.0. The molecule has 0 bridgehead atoms. The number of nitrogens with zero attached hydrogens (tertiary/aromatic N) is 2. The summed E-state index contributed by atoms with van der Waals surface area (Å²) in [4.78, 5) is 32.8. The minimum atomic E-state index is -0.519. The number of rotatable bonds is 6. The molecule has 1 amide bonds. The van der Waals surface area contributed by atoms with Crippen LogP contribution in [-0.4, -0.2) is 28.6 Å². The number of nitrogens with one attached hydrogen (secondary N) is 2. The summed E-state index contributed by atoms with van der Waals surface area (Å²) in [6, 6.07) is 6.82. The number of carbonyl (C=O) groups excluding carboxylic acids is 1. The molecule has 0 spiro atoms. The van der Waals surface area contributed by atoms with Gasteiger partial charge in [0.1, 0.15) is 5.69 Å². The summed E-state index contributed by atoms with van der Waals surface area (Å²) in [6.07, 6.45) is 1.63. The van der Waals surface area contributed by atoms with E-state index < -0.39 is 11.5 Å². The topological polar surface area (TPSA) is 165 Å². The van der Waals surface area contributed by atoms with Crippen molar-refractivity contribution in [1.82, 2.24) is 9.97 Å². The van der Waals surface area contributed by atoms with Crippen LogP contribution in [0.5, 0.6) is 0 Å². The lowest BCUT2D eigenvalue weighted by Crippen LogP contribution is -2.16. The van der Waals surface area contributed by atoms with Gasteiger partial charge in [0, 0.05) is 29.9 Å². The van der Waals surface area contributed by atoms with Crippen molar-refractivity contribution in [3.63, 3.8) is 0 Å². The summed E-state index contributed by atoms with van der Waals surface area (Å²) < 4.78 is 0. The van der Waals surface area contributed by atoms with Crippen LogP contribution in [0.3, 0.4) is 0 Å². The van der Waals surface area contributed by atoms with Crippen molar-refractivity contribution < 1.29 is 4.79 Å². The molecule has 126 valence electrons. The zero-order chi connectivity index (χ0) is 17.7. The van der Waals surface area contributed by atoms with Gasteiger partial charge < -0.3 is 22.5 Å². The molecule has 24 heavy (non-hydrogen) atoms. The van der Waals surface area contributed by atoms with Crippen LogP contribution in [0.2, 0.25) is 0 Å². The Morgan fingerprint density at radius 2 is 2.04 bits per heavy atom. The van der Waals surface area contributed by atoms with Gasteiger partial charge in [0.25, 0.3) is 5.56 Å². The highest BCUT2D eigenvalue weighted by Crippen LogP contribution is 2.14. The van der Waals surface area contributed by atoms with Crippen LogP contribution < -0.4 is 28.1 Å². The molecule has 0 aliphatic heterocycles. The molecule has 8 N–H and O–H groups in total. The fraction of sp³-hybridized carbons (Fsp3) is 0.200. The summed E-state index contributed by atoms with van der Waals surface area (Å²) >= 11 is 0. The SMILES string of the molecule is CC(C=Nc1nc(N)[nH]c(=O)c1N)CNc1ccc(C(N)=O)cc1. The number of hydrogen-bond acceptors (Lipinski definition) is 7. The average Bonchev–Trinajstić information content (AvgIpc) is 2.55. The van der Waals surface area contributed by atoms with E-state index in [0.717, 1.165) is 5.69 Å². The van der Waals surface area contributed by atoms with E-state index in [0.29, 0.717) is 12.1 Å². The Bertz CT molecular complexity index is 812. The molecule has 1 heterocycles. The third-order valence-electron chi connectivity index (χ3n) is 3.20. The maximum Gasteiger partial charge on any atom is 0.277 e. The molecule has 0 aliphatic rings. The highest BCUT2D eigenvalue weighted by molar-refractivity contribution is 5.93. The maximum atomic E-state index is 11.5. The molecule has 1 unspecified atom stereocenters. The van der Waals surface area contributed by atoms with Gasteiger partial charge in [-0.05, 0) is 24.3 Å². The summed E-state index contributed by atoms with van der Waals surface area (Å²) in [7, 11) is 0. The number of anilines is 3. The van der Waals surface area contributed by atoms with Crippen LogP contribution in [-0.2, 0) is 0 Å². The van der Waals surface area contributed by atoms with Crippen LogP contribution >= 0.6 is 0 Å². The van der Waals surface area contributed by atoms with Crippen molar-refractivity contribution in [2.24, 2.45) is 16.6 Å². The largest absolute Gasteiger partial charge is 0.391 e. The van der Waals surface area contributed by atoms with Gasteiger partial charge in [0.15, 0.2) is 5.82 Å². The fourth-order valence-corrected chi connectivity index (χ4v) is 1.87. The predicted octanol–water partition coefficient (Wildman–Crippen LogP) is 0.484. The van der Waals surface area contributed by atoms with E-state index in [2.05, 4.69) is 20.3 Å². The second-order valence-electron chi connectivity index (χ2n) is 5.27. The zero-order valence-corrected chi connectivity index (χ0v) is 13.1. The number of H-pyrrole nitrogens is 1. The third-order valence-corrected chi connectivity index (χ3v) is 3.20. The normalized spacial score (nSPS) is 12.2. The Labute approximate surface area is 138 Å². The lowest BCUT2D eigenvalue weighted by atomic mass is 10.1. The quantitative estimate of drug-likeness (QED) is 0.483. The lowest BCUT2D eigenvalue weighted by molar-refractivity contribution is 0.100. The molecule has 0 radical (unpaired) electrons. The van der Waals surface area contributed by atoms with Gasteiger partial charge in [-0.1, -0.05) is 6.92 Å². The van der Waals surface area contributed by atoms with Crippen molar-refractivity contribution in [2.45, 2.75) is 6.92 Å². The summed E-state index contributed by atoms with van der Waals surface area (Å²) in [5.74, 6) is -0.387. The lowest BCUT2D eigenvalue weighted by Gasteiger charge is -2.10. The van der Waals surface area contributed by atoms with E-state index in [9.17, 15) is 9.59 Å². The van der Waals surface area contributed by atoms with Gasteiger partial charge in [-0.25, -0.2) is 4.99 Å². The number of primary amides is 1. The Kier molecular flexibility index (Phi) is 5.15. The first-order valence-corrected chi connectivity index (χ1v) is 7.20. The molecule has 0 fully saturated rings.